The monoisotopic (exact) mass is 404 g/mol. The number of amidine groups is 1. The maximum Gasteiger partial charge on any atom is 0.271 e. The first-order chi connectivity index (χ1) is 12.9. The Morgan fingerprint density at radius 2 is 2.04 bits per heavy atom. The van der Waals surface area contributed by atoms with Crippen molar-refractivity contribution in [1.82, 2.24) is 5.32 Å². The molecule has 1 heterocycles. The maximum atomic E-state index is 12.2. The van der Waals surface area contributed by atoms with Crippen molar-refractivity contribution in [1.29, 1.82) is 0 Å². The lowest BCUT2D eigenvalue weighted by Gasteiger charge is -2.08. The van der Waals surface area contributed by atoms with Gasteiger partial charge in [0.05, 0.1) is 21.3 Å². The number of halogens is 1. The molecule has 0 aliphatic carbocycles. The molecule has 0 aromatic heterocycles. The van der Waals surface area contributed by atoms with Crippen LogP contribution in [0.2, 0.25) is 5.02 Å². The standard InChI is InChI=1S/C17H13ClN4O4S/c18-12-7-6-11(22(25)26)8-13(12)20-15(23)9-14-16(24)21-17(27-14)19-10-4-2-1-3-5-10/h1-8,14H,9H2,(H,20,23)(H,19,21,24)/t14-/m1/s1. The Bertz CT molecular complexity index is 936. The van der Waals surface area contributed by atoms with Crippen LogP contribution in [0, 0.1) is 10.1 Å². The maximum absolute atomic E-state index is 12.2. The number of nitro benzene ring substituents is 1. The summed E-state index contributed by atoms with van der Waals surface area (Å²) in [7, 11) is 0. The molecule has 138 valence electrons. The molecule has 0 unspecified atom stereocenters. The van der Waals surface area contributed by atoms with Gasteiger partial charge in [-0.2, -0.15) is 0 Å². The quantitative estimate of drug-likeness (QED) is 0.584. The fraction of sp³-hybridized carbons (Fsp3) is 0.118. The first-order valence-electron chi connectivity index (χ1n) is 7.77. The number of anilines is 1. The molecule has 2 N–H and O–H groups in total. The van der Waals surface area contributed by atoms with Crippen molar-refractivity contribution < 1.29 is 14.5 Å². The van der Waals surface area contributed by atoms with Crippen molar-refractivity contribution in [2.45, 2.75) is 11.7 Å². The third-order valence-electron chi connectivity index (χ3n) is 3.57. The van der Waals surface area contributed by atoms with E-state index in [1.807, 2.05) is 18.2 Å². The molecule has 0 spiro atoms. The van der Waals surface area contributed by atoms with E-state index >= 15 is 0 Å². The van der Waals surface area contributed by atoms with Gasteiger partial charge in [-0.1, -0.05) is 41.6 Å². The molecular formula is C17H13ClN4O4S. The summed E-state index contributed by atoms with van der Waals surface area (Å²) < 4.78 is 0. The minimum absolute atomic E-state index is 0.122. The Kier molecular flexibility index (Phi) is 5.72. The molecule has 3 rings (SSSR count). The number of hydrogen-bond donors (Lipinski definition) is 2. The van der Waals surface area contributed by atoms with Gasteiger partial charge in [0.2, 0.25) is 11.8 Å². The zero-order valence-electron chi connectivity index (χ0n) is 13.7. The van der Waals surface area contributed by atoms with Crippen LogP contribution in [0.5, 0.6) is 0 Å². The number of carbonyl (C=O) groups is 2. The molecule has 0 radical (unpaired) electrons. The van der Waals surface area contributed by atoms with E-state index in [0.717, 1.165) is 11.8 Å². The van der Waals surface area contributed by atoms with E-state index in [1.165, 1.54) is 18.2 Å². The van der Waals surface area contributed by atoms with Gasteiger partial charge in [0.1, 0.15) is 5.25 Å². The van der Waals surface area contributed by atoms with Gasteiger partial charge in [0, 0.05) is 18.6 Å². The number of benzene rings is 2. The minimum atomic E-state index is -0.648. The van der Waals surface area contributed by atoms with Crippen molar-refractivity contribution in [2.75, 3.05) is 5.32 Å². The van der Waals surface area contributed by atoms with Crippen molar-refractivity contribution in [3.63, 3.8) is 0 Å². The van der Waals surface area contributed by atoms with Crippen LogP contribution in [0.15, 0.2) is 53.5 Å². The number of non-ortho nitro benzene ring substituents is 1. The molecule has 1 aliphatic rings. The number of rotatable bonds is 5. The molecule has 2 aromatic rings. The zero-order valence-corrected chi connectivity index (χ0v) is 15.3. The molecular weight excluding hydrogens is 392 g/mol. The van der Waals surface area contributed by atoms with Gasteiger partial charge in [0.15, 0.2) is 5.17 Å². The lowest BCUT2D eigenvalue weighted by molar-refractivity contribution is -0.384. The number of aliphatic imine (C=N–C) groups is 1. The second kappa shape index (κ2) is 8.19. The summed E-state index contributed by atoms with van der Waals surface area (Å²) in [5.74, 6) is -0.805. The average Bonchev–Trinajstić information content (AvgIpc) is 2.96. The van der Waals surface area contributed by atoms with Gasteiger partial charge in [-0.15, -0.1) is 0 Å². The van der Waals surface area contributed by atoms with Crippen LogP contribution >= 0.6 is 23.4 Å². The van der Waals surface area contributed by atoms with E-state index in [1.54, 1.807) is 12.1 Å². The number of nitrogens with zero attached hydrogens (tertiary/aromatic N) is 2. The Labute approximate surface area is 163 Å². The van der Waals surface area contributed by atoms with E-state index in [4.69, 9.17) is 11.6 Å². The molecule has 2 aromatic carbocycles. The van der Waals surface area contributed by atoms with Gasteiger partial charge < -0.3 is 10.6 Å². The fourth-order valence-electron chi connectivity index (χ4n) is 2.30. The van der Waals surface area contributed by atoms with Crippen LogP contribution in [0.1, 0.15) is 6.42 Å². The van der Waals surface area contributed by atoms with Crippen LogP contribution in [-0.4, -0.2) is 27.2 Å². The van der Waals surface area contributed by atoms with Gasteiger partial charge in [-0.25, -0.2) is 4.99 Å². The summed E-state index contributed by atoms with van der Waals surface area (Å²) in [4.78, 5) is 38.9. The second-order valence-corrected chi connectivity index (χ2v) is 7.12. The molecule has 0 bridgehead atoms. The van der Waals surface area contributed by atoms with Crippen LogP contribution in [0.25, 0.3) is 0 Å². The van der Waals surface area contributed by atoms with Gasteiger partial charge in [0.25, 0.3) is 5.69 Å². The van der Waals surface area contributed by atoms with E-state index < -0.39 is 16.1 Å². The molecule has 1 fully saturated rings. The van der Waals surface area contributed by atoms with E-state index in [2.05, 4.69) is 15.6 Å². The topological polar surface area (TPSA) is 114 Å². The molecule has 1 atom stereocenters. The molecule has 27 heavy (non-hydrogen) atoms. The molecule has 10 heteroatoms. The Hall–Kier alpha value is -2.91. The Morgan fingerprint density at radius 3 is 2.74 bits per heavy atom. The van der Waals surface area contributed by atoms with Gasteiger partial charge >= 0.3 is 0 Å². The number of para-hydroxylation sites is 1. The highest BCUT2D eigenvalue weighted by Gasteiger charge is 2.32. The average molecular weight is 405 g/mol. The Balaban J connectivity index is 1.65. The van der Waals surface area contributed by atoms with Gasteiger partial charge in [-0.05, 0) is 18.2 Å². The predicted octanol–water partition coefficient (Wildman–Crippen LogP) is 3.50. The molecule has 1 saturated heterocycles. The van der Waals surface area contributed by atoms with E-state index in [-0.39, 0.29) is 28.7 Å². The zero-order chi connectivity index (χ0) is 19.4. The van der Waals surface area contributed by atoms with Gasteiger partial charge in [-0.3, -0.25) is 19.7 Å². The van der Waals surface area contributed by atoms with E-state index in [0.29, 0.717) is 10.9 Å². The summed E-state index contributed by atoms with van der Waals surface area (Å²) in [6.45, 7) is 0. The summed E-state index contributed by atoms with van der Waals surface area (Å²) in [6, 6.07) is 12.8. The summed E-state index contributed by atoms with van der Waals surface area (Å²) in [6.07, 6.45) is -0.122. The van der Waals surface area contributed by atoms with Crippen LogP contribution < -0.4 is 10.6 Å². The van der Waals surface area contributed by atoms with Crippen molar-refractivity contribution in [3.8, 4) is 0 Å². The number of hydrogen-bond acceptors (Lipinski definition) is 6. The van der Waals surface area contributed by atoms with Crippen LogP contribution in [0.3, 0.4) is 0 Å². The predicted molar refractivity (Wildman–Crippen MR) is 104 cm³/mol. The number of nitro groups is 1. The third kappa shape index (κ3) is 4.83. The summed E-state index contributed by atoms with van der Waals surface area (Å²) in [5.41, 5.74) is 0.617. The van der Waals surface area contributed by atoms with Crippen molar-refractivity contribution in [2.24, 2.45) is 4.99 Å². The summed E-state index contributed by atoms with van der Waals surface area (Å²) in [5, 5.41) is 15.9. The lowest BCUT2D eigenvalue weighted by atomic mass is 10.2. The van der Waals surface area contributed by atoms with Crippen LogP contribution in [-0.2, 0) is 9.59 Å². The normalized spacial score (nSPS) is 17.6. The highest BCUT2D eigenvalue weighted by molar-refractivity contribution is 8.15. The first kappa shape index (κ1) is 18.9. The Morgan fingerprint density at radius 1 is 1.30 bits per heavy atom. The largest absolute Gasteiger partial charge is 0.325 e. The fourth-order valence-corrected chi connectivity index (χ4v) is 3.46. The number of nitrogens with one attached hydrogen (secondary N) is 2. The smallest absolute Gasteiger partial charge is 0.271 e. The number of thioether (sulfide) groups is 1. The van der Waals surface area contributed by atoms with Crippen LogP contribution in [0.4, 0.5) is 17.1 Å². The number of carbonyl (C=O) groups excluding carboxylic acids is 2. The third-order valence-corrected chi connectivity index (χ3v) is 4.98. The number of amides is 2. The highest BCUT2D eigenvalue weighted by atomic mass is 35.5. The molecule has 0 saturated carbocycles. The minimum Gasteiger partial charge on any atom is -0.325 e. The SMILES string of the molecule is O=C(C[C@H]1SC(=Nc2ccccc2)NC1=O)Nc1cc([N+](=O)[O-])ccc1Cl. The highest BCUT2D eigenvalue weighted by Crippen LogP contribution is 2.29. The molecule has 2 amide bonds. The molecule has 8 nitrogen and oxygen atoms in total. The second-order valence-electron chi connectivity index (χ2n) is 5.52. The van der Waals surface area contributed by atoms with E-state index in [9.17, 15) is 19.7 Å². The van der Waals surface area contributed by atoms with Crippen molar-refractivity contribution in [3.05, 3.63) is 63.7 Å². The van der Waals surface area contributed by atoms with Crippen molar-refractivity contribution >= 4 is 57.4 Å². The lowest BCUT2D eigenvalue weighted by Crippen LogP contribution is -2.28. The first-order valence-corrected chi connectivity index (χ1v) is 9.03. The summed E-state index contributed by atoms with van der Waals surface area (Å²) >= 11 is 7.11. The molecule has 1 aliphatic heterocycles.